The van der Waals surface area contributed by atoms with Crippen LogP contribution in [0.2, 0.25) is 0 Å². The molecule has 0 bridgehead atoms. The van der Waals surface area contributed by atoms with Crippen LogP contribution >= 0.6 is 0 Å². The quantitative estimate of drug-likeness (QED) is 0.846. The van der Waals surface area contributed by atoms with E-state index in [1.54, 1.807) is 6.20 Å². The Kier molecular flexibility index (Phi) is 3.28. The molecule has 17 heavy (non-hydrogen) atoms. The standard InChI is InChI=1S/C14H17N3/c1-3-11-4-6-12(7-5-11)17-14-13(15)8-10(2)9-16-14/h4-9H,3,15H2,1-2H3,(H,16,17). The van der Waals surface area contributed by atoms with Crippen molar-refractivity contribution in [2.45, 2.75) is 20.3 Å². The Balaban J connectivity index is 2.19. The van der Waals surface area contributed by atoms with Crippen LogP contribution in [-0.4, -0.2) is 4.98 Å². The summed E-state index contributed by atoms with van der Waals surface area (Å²) in [6.45, 7) is 4.12. The molecule has 0 saturated heterocycles. The minimum absolute atomic E-state index is 0.671. The number of aryl methyl sites for hydroxylation is 2. The molecule has 0 aliphatic rings. The monoisotopic (exact) mass is 227 g/mol. The van der Waals surface area contributed by atoms with Crippen molar-refractivity contribution in [2.75, 3.05) is 11.1 Å². The van der Waals surface area contributed by atoms with Gasteiger partial charge in [-0.3, -0.25) is 0 Å². The predicted molar refractivity (Wildman–Crippen MR) is 72.5 cm³/mol. The fourth-order valence-corrected chi connectivity index (χ4v) is 1.66. The minimum Gasteiger partial charge on any atom is -0.396 e. The fraction of sp³-hybridized carbons (Fsp3) is 0.214. The molecular weight excluding hydrogens is 210 g/mol. The smallest absolute Gasteiger partial charge is 0.153 e. The maximum Gasteiger partial charge on any atom is 0.153 e. The van der Waals surface area contributed by atoms with E-state index in [0.717, 1.165) is 17.7 Å². The third-order valence-electron chi connectivity index (χ3n) is 2.68. The molecule has 0 saturated carbocycles. The summed E-state index contributed by atoms with van der Waals surface area (Å²) in [5.41, 5.74) is 9.96. The van der Waals surface area contributed by atoms with Gasteiger partial charge in [-0.15, -0.1) is 0 Å². The zero-order chi connectivity index (χ0) is 12.3. The summed E-state index contributed by atoms with van der Waals surface area (Å²) in [5.74, 6) is 0.708. The van der Waals surface area contributed by atoms with Crippen LogP contribution in [0.25, 0.3) is 0 Å². The molecule has 0 aliphatic carbocycles. The van der Waals surface area contributed by atoms with Gasteiger partial charge >= 0.3 is 0 Å². The number of nitrogens with zero attached hydrogens (tertiary/aromatic N) is 1. The van der Waals surface area contributed by atoms with Crippen LogP contribution in [0.3, 0.4) is 0 Å². The first kappa shape index (κ1) is 11.5. The number of aromatic nitrogens is 1. The van der Waals surface area contributed by atoms with E-state index in [4.69, 9.17) is 5.73 Å². The van der Waals surface area contributed by atoms with E-state index in [2.05, 4.69) is 29.4 Å². The van der Waals surface area contributed by atoms with Crippen LogP contribution in [0.4, 0.5) is 17.2 Å². The normalized spacial score (nSPS) is 10.2. The van der Waals surface area contributed by atoms with Gasteiger partial charge in [-0.25, -0.2) is 4.98 Å². The van der Waals surface area contributed by atoms with Gasteiger partial charge in [-0.1, -0.05) is 19.1 Å². The lowest BCUT2D eigenvalue weighted by Crippen LogP contribution is -1.99. The molecule has 3 heteroatoms. The summed E-state index contributed by atoms with van der Waals surface area (Å²) in [7, 11) is 0. The number of benzene rings is 1. The van der Waals surface area contributed by atoms with Crippen LogP contribution < -0.4 is 11.1 Å². The Labute approximate surface area is 102 Å². The number of hydrogen-bond donors (Lipinski definition) is 2. The summed E-state index contributed by atoms with van der Waals surface area (Å²) in [4.78, 5) is 4.28. The van der Waals surface area contributed by atoms with Crippen molar-refractivity contribution in [2.24, 2.45) is 0 Å². The molecule has 0 fully saturated rings. The summed E-state index contributed by atoms with van der Waals surface area (Å²) < 4.78 is 0. The molecule has 0 aliphatic heterocycles. The zero-order valence-corrected chi connectivity index (χ0v) is 10.2. The molecule has 1 aromatic carbocycles. The molecule has 88 valence electrons. The van der Waals surface area contributed by atoms with Crippen LogP contribution in [-0.2, 0) is 6.42 Å². The van der Waals surface area contributed by atoms with Crippen molar-refractivity contribution >= 4 is 17.2 Å². The van der Waals surface area contributed by atoms with Gasteiger partial charge in [-0.05, 0) is 42.7 Å². The number of nitrogen functional groups attached to an aromatic ring is 1. The van der Waals surface area contributed by atoms with E-state index in [1.165, 1.54) is 5.56 Å². The molecule has 0 spiro atoms. The van der Waals surface area contributed by atoms with E-state index in [9.17, 15) is 0 Å². The predicted octanol–water partition coefficient (Wildman–Crippen LogP) is 3.28. The van der Waals surface area contributed by atoms with Gasteiger partial charge in [-0.2, -0.15) is 0 Å². The highest BCUT2D eigenvalue weighted by Crippen LogP contribution is 2.21. The Hall–Kier alpha value is -2.03. The number of nitrogens with two attached hydrogens (primary N) is 1. The van der Waals surface area contributed by atoms with Crippen LogP contribution in [0.15, 0.2) is 36.5 Å². The van der Waals surface area contributed by atoms with Crippen molar-refractivity contribution in [3.63, 3.8) is 0 Å². The van der Waals surface area contributed by atoms with Gasteiger partial charge in [0.25, 0.3) is 0 Å². The Morgan fingerprint density at radius 2 is 1.94 bits per heavy atom. The van der Waals surface area contributed by atoms with Gasteiger partial charge in [0.15, 0.2) is 5.82 Å². The highest BCUT2D eigenvalue weighted by molar-refractivity contribution is 5.68. The number of rotatable bonds is 3. The van der Waals surface area contributed by atoms with Crippen molar-refractivity contribution < 1.29 is 0 Å². The number of nitrogens with one attached hydrogen (secondary N) is 1. The van der Waals surface area contributed by atoms with E-state index < -0.39 is 0 Å². The van der Waals surface area contributed by atoms with Crippen molar-refractivity contribution in [3.8, 4) is 0 Å². The van der Waals surface area contributed by atoms with E-state index in [0.29, 0.717) is 11.5 Å². The highest BCUT2D eigenvalue weighted by atomic mass is 15.0. The third kappa shape index (κ3) is 2.75. The second kappa shape index (κ2) is 4.87. The molecular formula is C14H17N3. The lowest BCUT2D eigenvalue weighted by molar-refractivity contribution is 1.14. The van der Waals surface area contributed by atoms with Gasteiger partial charge in [0.2, 0.25) is 0 Å². The molecule has 0 unspecified atom stereocenters. The lowest BCUT2D eigenvalue weighted by Gasteiger charge is -2.09. The number of pyridine rings is 1. The molecule has 3 nitrogen and oxygen atoms in total. The van der Waals surface area contributed by atoms with E-state index in [-0.39, 0.29) is 0 Å². The van der Waals surface area contributed by atoms with Crippen molar-refractivity contribution in [3.05, 3.63) is 47.7 Å². The second-order valence-corrected chi connectivity index (χ2v) is 4.13. The zero-order valence-electron chi connectivity index (χ0n) is 10.2. The molecule has 0 amide bonds. The fourth-order valence-electron chi connectivity index (χ4n) is 1.66. The maximum absolute atomic E-state index is 5.90. The summed E-state index contributed by atoms with van der Waals surface area (Å²) in [6, 6.07) is 10.2. The average Bonchev–Trinajstić information content (AvgIpc) is 2.34. The Bertz CT molecular complexity index is 503. The van der Waals surface area contributed by atoms with Crippen LogP contribution in [0, 0.1) is 6.92 Å². The van der Waals surface area contributed by atoms with E-state index >= 15 is 0 Å². The van der Waals surface area contributed by atoms with Gasteiger partial charge in [0.1, 0.15) is 0 Å². The molecule has 1 heterocycles. The summed E-state index contributed by atoms with van der Waals surface area (Å²) in [5, 5.41) is 3.21. The first-order valence-corrected chi connectivity index (χ1v) is 5.77. The summed E-state index contributed by atoms with van der Waals surface area (Å²) in [6.07, 6.45) is 2.85. The second-order valence-electron chi connectivity index (χ2n) is 4.13. The molecule has 3 N–H and O–H groups in total. The summed E-state index contributed by atoms with van der Waals surface area (Å²) >= 11 is 0. The van der Waals surface area contributed by atoms with E-state index in [1.807, 2.05) is 25.1 Å². The lowest BCUT2D eigenvalue weighted by atomic mass is 10.1. The first-order valence-electron chi connectivity index (χ1n) is 5.77. The van der Waals surface area contributed by atoms with Gasteiger partial charge in [0.05, 0.1) is 5.69 Å². The highest BCUT2D eigenvalue weighted by Gasteiger charge is 2.01. The van der Waals surface area contributed by atoms with Gasteiger partial charge in [0, 0.05) is 11.9 Å². The molecule has 2 aromatic rings. The van der Waals surface area contributed by atoms with Crippen LogP contribution in [0.1, 0.15) is 18.1 Å². The number of anilines is 3. The molecule has 0 atom stereocenters. The topological polar surface area (TPSA) is 50.9 Å². The molecule has 1 aromatic heterocycles. The molecule has 0 radical (unpaired) electrons. The SMILES string of the molecule is CCc1ccc(Nc2ncc(C)cc2N)cc1. The van der Waals surface area contributed by atoms with Gasteiger partial charge < -0.3 is 11.1 Å². The maximum atomic E-state index is 5.90. The molecule has 2 rings (SSSR count). The van der Waals surface area contributed by atoms with Crippen LogP contribution in [0.5, 0.6) is 0 Å². The van der Waals surface area contributed by atoms with Crippen molar-refractivity contribution in [1.82, 2.24) is 4.98 Å². The Morgan fingerprint density at radius 3 is 2.53 bits per heavy atom. The third-order valence-corrected chi connectivity index (χ3v) is 2.68. The minimum atomic E-state index is 0.671. The number of hydrogen-bond acceptors (Lipinski definition) is 3. The average molecular weight is 227 g/mol. The largest absolute Gasteiger partial charge is 0.396 e. The Morgan fingerprint density at radius 1 is 1.24 bits per heavy atom. The first-order chi connectivity index (χ1) is 8.19. The van der Waals surface area contributed by atoms with Crippen molar-refractivity contribution in [1.29, 1.82) is 0 Å².